The van der Waals surface area contributed by atoms with Crippen LogP contribution < -0.4 is 5.73 Å². The molecule has 0 saturated heterocycles. The summed E-state index contributed by atoms with van der Waals surface area (Å²) >= 11 is 0. The fourth-order valence-electron chi connectivity index (χ4n) is 3.73. The van der Waals surface area contributed by atoms with Gasteiger partial charge in [-0.15, -0.1) is 0 Å². The molecule has 0 aromatic heterocycles. The van der Waals surface area contributed by atoms with Gasteiger partial charge in [-0.1, -0.05) is 88.8 Å². The summed E-state index contributed by atoms with van der Waals surface area (Å²) < 4.78 is 0. The van der Waals surface area contributed by atoms with Crippen LogP contribution in [-0.4, -0.2) is 12.6 Å². The number of nitrogens with two attached hydrogens (primary N) is 1. The molecule has 23 heavy (non-hydrogen) atoms. The Morgan fingerprint density at radius 1 is 0.826 bits per heavy atom. The molecule has 2 N–H and O–H groups in total. The second kappa shape index (κ2) is 12.8. The van der Waals surface area contributed by atoms with Crippen LogP contribution in [0.2, 0.25) is 0 Å². The van der Waals surface area contributed by atoms with Crippen molar-refractivity contribution in [3.05, 3.63) is 4.85 Å². The van der Waals surface area contributed by atoms with E-state index in [1.807, 2.05) is 0 Å². The van der Waals surface area contributed by atoms with Crippen LogP contribution in [0.3, 0.4) is 0 Å². The first-order valence-corrected chi connectivity index (χ1v) is 10.4. The van der Waals surface area contributed by atoms with E-state index in [1.54, 1.807) is 0 Å². The van der Waals surface area contributed by atoms with Crippen LogP contribution in [0.25, 0.3) is 4.85 Å². The minimum absolute atomic E-state index is 0.284. The number of nitrogens with zero attached hydrogens (tertiary/aromatic N) is 1. The maximum absolute atomic E-state index is 5.87. The van der Waals surface area contributed by atoms with E-state index in [1.165, 1.54) is 96.3 Å². The van der Waals surface area contributed by atoms with E-state index in [0.717, 1.165) is 13.0 Å². The molecule has 1 saturated carbocycles. The molecule has 1 aliphatic rings. The summed E-state index contributed by atoms with van der Waals surface area (Å²) in [6.45, 7) is 8.64. The Hall–Kier alpha value is -0.550. The topological polar surface area (TPSA) is 30.4 Å². The predicted molar refractivity (Wildman–Crippen MR) is 103 cm³/mol. The Balaban J connectivity index is 1.82. The Bertz CT molecular complexity index is 314. The van der Waals surface area contributed by atoms with Crippen molar-refractivity contribution < 1.29 is 0 Å². The molecule has 2 heteroatoms. The van der Waals surface area contributed by atoms with Crippen molar-refractivity contribution in [2.75, 3.05) is 6.54 Å². The average molecular weight is 322 g/mol. The highest BCUT2D eigenvalue weighted by molar-refractivity contribution is 5.08. The van der Waals surface area contributed by atoms with E-state index in [0.29, 0.717) is 6.04 Å². The van der Waals surface area contributed by atoms with Gasteiger partial charge in [-0.05, 0) is 19.3 Å². The summed E-state index contributed by atoms with van der Waals surface area (Å²) in [5.74, 6) is 0. The number of hydrogen-bond donors (Lipinski definition) is 1. The van der Waals surface area contributed by atoms with Crippen LogP contribution >= 0.6 is 0 Å². The van der Waals surface area contributed by atoms with Crippen molar-refractivity contribution in [2.45, 2.75) is 116 Å². The summed E-state index contributed by atoms with van der Waals surface area (Å²) in [7, 11) is 0. The van der Waals surface area contributed by atoms with Crippen molar-refractivity contribution in [1.82, 2.24) is 0 Å². The molecule has 0 heterocycles. The van der Waals surface area contributed by atoms with Crippen molar-refractivity contribution in [3.63, 3.8) is 0 Å². The Morgan fingerprint density at radius 2 is 1.26 bits per heavy atom. The number of unbranched alkanes of at least 4 members (excludes halogenated alkanes) is 12. The van der Waals surface area contributed by atoms with Crippen LogP contribution in [0.1, 0.15) is 110 Å². The molecule has 1 fully saturated rings. The molecule has 0 radical (unpaired) electrons. The van der Waals surface area contributed by atoms with E-state index in [-0.39, 0.29) is 5.41 Å². The summed E-state index contributed by atoms with van der Waals surface area (Å²) in [4.78, 5) is 4.11. The fourth-order valence-corrected chi connectivity index (χ4v) is 3.73. The first-order chi connectivity index (χ1) is 11.3. The highest BCUT2D eigenvalue weighted by Gasteiger charge is 2.54. The second-order valence-corrected chi connectivity index (χ2v) is 7.76. The second-order valence-electron chi connectivity index (χ2n) is 7.76. The lowest BCUT2D eigenvalue weighted by Gasteiger charge is -2.11. The van der Waals surface area contributed by atoms with Crippen molar-refractivity contribution in [3.8, 4) is 6.57 Å². The van der Waals surface area contributed by atoms with Gasteiger partial charge in [0, 0.05) is 13.0 Å². The zero-order chi connectivity index (χ0) is 16.8. The Kier molecular flexibility index (Phi) is 11.4. The summed E-state index contributed by atoms with van der Waals surface area (Å²) in [5, 5.41) is 0. The number of hydrogen-bond acceptors (Lipinski definition) is 1. The fraction of sp³-hybridized carbons (Fsp3) is 0.952. The third-order valence-corrected chi connectivity index (χ3v) is 5.77. The van der Waals surface area contributed by atoms with Gasteiger partial charge in [-0.25, -0.2) is 0 Å². The molecular formula is C21H41N2+. The molecule has 0 amide bonds. The first kappa shape index (κ1) is 20.5. The van der Waals surface area contributed by atoms with E-state index < -0.39 is 0 Å². The molecule has 134 valence electrons. The van der Waals surface area contributed by atoms with Crippen molar-refractivity contribution >= 4 is 0 Å². The lowest BCUT2D eigenvalue weighted by Crippen LogP contribution is -2.27. The largest absolute Gasteiger partial charge is 0.330 e. The van der Waals surface area contributed by atoms with Gasteiger partial charge in [0.25, 0.3) is 12.6 Å². The molecule has 0 aromatic carbocycles. The van der Waals surface area contributed by atoms with Crippen molar-refractivity contribution in [1.29, 1.82) is 0 Å². The minimum atomic E-state index is 0.284. The summed E-state index contributed by atoms with van der Waals surface area (Å²) in [6.07, 6.45) is 21.9. The maximum Gasteiger partial charge on any atom is 0.278 e. The SMILES string of the molecule is C#[N+][C@H](CCCCCCCCCCCCCCC)C1(CN)CC1. The molecular weight excluding hydrogens is 280 g/mol. The first-order valence-electron chi connectivity index (χ1n) is 10.4. The number of rotatable bonds is 16. The summed E-state index contributed by atoms with van der Waals surface area (Å²) in [5.41, 5.74) is 6.16. The van der Waals surface area contributed by atoms with Gasteiger partial charge in [0.2, 0.25) is 0 Å². The monoisotopic (exact) mass is 321 g/mol. The molecule has 1 rings (SSSR count). The van der Waals surface area contributed by atoms with Crippen LogP contribution in [0.4, 0.5) is 0 Å². The van der Waals surface area contributed by atoms with E-state index in [2.05, 4.69) is 11.8 Å². The third-order valence-electron chi connectivity index (χ3n) is 5.77. The zero-order valence-corrected chi connectivity index (χ0v) is 15.7. The van der Waals surface area contributed by atoms with Crippen LogP contribution in [0, 0.1) is 12.0 Å². The molecule has 1 aliphatic carbocycles. The highest BCUT2D eigenvalue weighted by Crippen LogP contribution is 2.50. The normalized spacial score (nSPS) is 16.9. The van der Waals surface area contributed by atoms with Crippen molar-refractivity contribution in [2.24, 2.45) is 11.1 Å². The van der Waals surface area contributed by atoms with Crippen LogP contribution in [0.5, 0.6) is 0 Å². The lowest BCUT2D eigenvalue weighted by molar-refractivity contribution is 0.414. The Morgan fingerprint density at radius 3 is 1.61 bits per heavy atom. The molecule has 0 spiro atoms. The van der Waals surface area contributed by atoms with Crippen LogP contribution in [-0.2, 0) is 0 Å². The highest BCUT2D eigenvalue weighted by atomic mass is 14.8. The van der Waals surface area contributed by atoms with Gasteiger partial charge in [-0.2, -0.15) is 0 Å². The molecule has 0 unspecified atom stereocenters. The quantitative estimate of drug-likeness (QED) is 0.321. The molecule has 2 nitrogen and oxygen atoms in total. The van der Waals surface area contributed by atoms with Gasteiger partial charge in [-0.3, -0.25) is 0 Å². The van der Waals surface area contributed by atoms with Gasteiger partial charge in [0.15, 0.2) is 0 Å². The lowest BCUT2D eigenvalue weighted by atomic mass is 9.92. The zero-order valence-electron chi connectivity index (χ0n) is 15.7. The van der Waals surface area contributed by atoms with Crippen LogP contribution in [0.15, 0.2) is 0 Å². The summed E-state index contributed by atoms with van der Waals surface area (Å²) in [6, 6.07) is 0.320. The van der Waals surface area contributed by atoms with E-state index >= 15 is 0 Å². The standard InChI is InChI=1S/C21H41N2/c1-3-4-5-6-7-8-9-10-11-12-13-14-15-16-20(23-2)21(19-22)17-18-21/h2,20H,3-19,22H2,1H3/q+1/t20-/m1/s1. The van der Waals surface area contributed by atoms with Gasteiger partial charge < -0.3 is 5.73 Å². The van der Waals surface area contributed by atoms with E-state index in [4.69, 9.17) is 12.3 Å². The van der Waals surface area contributed by atoms with E-state index in [9.17, 15) is 0 Å². The molecule has 0 aliphatic heterocycles. The smallest absolute Gasteiger partial charge is 0.278 e. The average Bonchev–Trinajstić information content (AvgIpc) is 3.36. The maximum atomic E-state index is 5.87. The molecule has 0 bridgehead atoms. The molecule has 0 aromatic rings. The van der Waals surface area contributed by atoms with Gasteiger partial charge >= 0.3 is 0 Å². The minimum Gasteiger partial charge on any atom is -0.330 e. The third kappa shape index (κ3) is 8.75. The Labute approximate surface area is 145 Å². The van der Waals surface area contributed by atoms with Gasteiger partial charge in [0.05, 0.1) is 5.41 Å². The molecule has 1 atom stereocenters. The van der Waals surface area contributed by atoms with Gasteiger partial charge in [0.1, 0.15) is 0 Å². The predicted octanol–water partition coefficient (Wildman–Crippen LogP) is 6.54.